The molecule has 3 aromatic carbocycles. The summed E-state index contributed by atoms with van der Waals surface area (Å²) in [6.45, 7) is 1.96. The van der Waals surface area contributed by atoms with Gasteiger partial charge < -0.3 is 10.6 Å². The molecule has 1 heterocycles. The fourth-order valence-corrected chi connectivity index (χ4v) is 3.28. The van der Waals surface area contributed by atoms with Crippen molar-refractivity contribution < 1.29 is 13.6 Å². The van der Waals surface area contributed by atoms with E-state index in [1.54, 1.807) is 12.1 Å². The van der Waals surface area contributed by atoms with Crippen LogP contribution in [0.2, 0.25) is 0 Å². The van der Waals surface area contributed by atoms with Gasteiger partial charge in [0.2, 0.25) is 5.95 Å². The van der Waals surface area contributed by atoms with Crippen molar-refractivity contribution in [1.82, 2.24) is 9.97 Å². The van der Waals surface area contributed by atoms with Crippen molar-refractivity contribution in [1.29, 1.82) is 0 Å². The molecule has 0 saturated heterocycles. The van der Waals surface area contributed by atoms with Crippen LogP contribution >= 0.6 is 0 Å². The van der Waals surface area contributed by atoms with Gasteiger partial charge in [0, 0.05) is 18.0 Å². The van der Waals surface area contributed by atoms with E-state index in [-0.39, 0.29) is 23.2 Å². The van der Waals surface area contributed by atoms with Crippen molar-refractivity contribution in [2.75, 3.05) is 15.5 Å². The Labute approximate surface area is 189 Å². The molecule has 0 saturated carbocycles. The Morgan fingerprint density at radius 1 is 0.909 bits per heavy atom. The molecule has 8 heteroatoms. The van der Waals surface area contributed by atoms with Gasteiger partial charge in [-0.05, 0) is 48.9 Å². The average Bonchev–Trinajstić information content (AvgIpc) is 2.80. The van der Waals surface area contributed by atoms with Gasteiger partial charge in [-0.15, -0.1) is 0 Å². The molecule has 0 radical (unpaired) electrons. The number of nitrogens with one attached hydrogen (secondary N) is 2. The van der Waals surface area contributed by atoms with Crippen LogP contribution in [0.4, 0.5) is 36.7 Å². The topological polar surface area (TPSA) is 70.2 Å². The van der Waals surface area contributed by atoms with Gasteiger partial charge in [-0.3, -0.25) is 0 Å². The summed E-state index contributed by atoms with van der Waals surface area (Å²) in [5, 5.41) is 5.84. The molecule has 4 aromatic rings. The first-order chi connectivity index (χ1) is 16.0. The van der Waals surface area contributed by atoms with E-state index in [1.807, 2.05) is 37.3 Å². The van der Waals surface area contributed by atoms with Crippen molar-refractivity contribution in [2.45, 2.75) is 13.0 Å². The molecule has 0 aliphatic carbocycles. The Morgan fingerprint density at radius 3 is 2.36 bits per heavy atom. The quantitative estimate of drug-likeness (QED) is 0.366. The molecule has 0 bridgehead atoms. The summed E-state index contributed by atoms with van der Waals surface area (Å²) in [6.07, 6.45) is 1.50. The number of rotatable bonds is 6. The normalized spacial score (nSPS) is 11.5. The van der Waals surface area contributed by atoms with Gasteiger partial charge in [0.25, 0.3) is 0 Å². The van der Waals surface area contributed by atoms with E-state index in [0.29, 0.717) is 5.95 Å². The third-order valence-electron chi connectivity index (χ3n) is 4.86. The second-order valence-corrected chi connectivity index (χ2v) is 7.27. The van der Waals surface area contributed by atoms with E-state index in [1.165, 1.54) is 53.6 Å². The van der Waals surface area contributed by atoms with E-state index < -0.39 is 17.7 Å². The van der Waals surface area contributed by atoms with Crippen LogP contribution in [0, 0.1) is 11.6 Å². The predicted octanol–water partition coefficient (Wildman–Crippen LogP) is 6.30. The zero-order chi connectivity index (χ0) is 23.2. The summed E-state index contributed by atoms with van der Waals surface area (Å²) in [5.41, 5.74) is 1.55. The first kappa shape index (κ1) is 21.9. The zero-order valence-corrected chi connectivity index (χ0v) is 17.7. The van der Waals surface area contributed by atoms with Crippen LogP contribution in [0.5, 0.6) is 0 Å². The number of benzene rings is 3. The van der Waals surface area contributed by atoms with Gasteiger partial charge in [0.05, 0.1) is 11.7 Å². The van der Waals surface area contributed by atoms with Crippen LogP contribution in [-0.4, -0.2) is 16.0 Å². The van der Waals surface area contributed by atoms with Gasteiger partial charge in [-0.2, -0.15) is 4.98 Å². The highest BCUT2D eigenvalue weighted by Crippen LogP contribution is 2.27. The van der Waals surface area contributed by atoms with E-state index in [0.717, 1.165) is 5.56 Å². The Hall–Kier alpha value is -4.33. The molecule has 0 spiro atoms. The van der Waals surface area contributed by atoms with E-state index in [2.05, 4.69) is 20.6 Å². The van der Waals surface area contributed by atoms with Crippen molar-refractivity contribution in [2.24, 2.45) is 0 Å². The number of urea groups is 1. The number of nitrogens with zero attached hydrogens (tertiary/aromatic N) is 3. The standard InChI is InChI=1S/C25H21F2N5O/c1-17(18-7-3-2-4-8-18)29-24-28-14-13-23(31-24)32(22-12-6-10-20(27)16-22)25(33)30-21-11-5-9-19(26)15-21/h2-17H,1H3,(H,30,33)(H,28,29,31)/t17-/m0/s1. The maximum atomic E-state index is 14.0. The highest BCUT2D eigenvalue weighted by Gasteiger charge is 2.21. The summed E-state index contributed by atoms with van der Waals surface area (Å²) < 4.78 is 27.6. The van der Waals surface area contributed by atoms with Gasteiger partial charge >= 0.3 is 6.03 Å². The zero-order valence-electron chi connectivity index (χ0n) is 17.7. The highest BCUT2D eigenvalue weighted by atomic mass is 19.1. The van der Waals surface area contributed by atoms with Gasteiger partial charge in [0.1, 0.15) is 17.5 Å². The lowest BCUT2D eigenvalue weighted by Gasteiger charge is -2.23. The fourth-order valence-electron chi connectivity index (χ4n) is 3.28. The number of carbonyl (C=O) groups is 1. The molecule has 0 unspecified atom stereocenters. The number of anilines is 4. The molecule has 1 aromatic heterocycles. The lowest BCUT2D eigenvalue weighted by atomic mass is 10.1. The molecule has 2 N–H and O–H groups in total. The fraction of sp³-hybridized carbons (Fsp3) is 0.0800. The number of hydrogen-bond acceptors (Lipinski definition) is 4. The number of halogens is 2. The Kier molecular flexibility index (Phi) is 6.54. The minimum Gasteiger partial charge on any atom is -0.348 e. The number of hydrogen-bond donors (Lipinski definition) is 2. The lowest BCUT2D eigenvalue weighted by Crippen LogP contribution is -2.31. The van der Waals surface area contributed by atoms with Gasteiger partial charge in [-0.1, -0.05) is 42.5 Å². The van der Waals surface area contributed by atoms with E-state index in [4.69, 9.17) is 0 Å². The summed E-state index contributed by atoms with van der Waals surface area (Å²) >= 11 is 0. The van der Waals surface area contributed by atoms with Crippen molar-refractivity contribution in [3.8, 4) is 0 Å². The first-order valence-electron chi connectivity index (χ1n) is 10.3. The van der Waals surface area contributed by atoms with Crippen LogP contribution in [-0.2, 0) is 0 Å². The Bertz CT molecular complexity index is 1250. The minimum atomic E-state index is -0.632. The summed E-state index contributed by atoms with van der Waals surface area (Å²) in [5.74, 6) is -0.495. The molecule has 2 amide bonds. The van der Waals surface area contributed by atoms with Crippen LogP contribution in [0.3, 0.4) is 0 Å². The highest BCUT2D eigenvalue weighted by molar-refractivity contribution is 6.06. The maximum absolute atomic E-state index is 14.0. The number of carbonyl (C=O) groups excluding carboxylic acids is 1. The third kappa shape index (κ3) is 5.48. The molecule has 166 valence electrons. The molecular weight excluding hydrogens is 424 g/mol. The maximum Gasteiger partial charge on any atom is 0.332 e. The minimum absolute atomic E-state index is 0.0924. The SMILES string of the molecule is C[C@H](Nc1nccc(N(C(=O)Nc2cccc(F)c2)c2cccc(F)c2)n1)c1ccccc1. The van der Waals surface area contributed by atoms with Crippen LogP contribution in [0.15, 0.2) is 91.1 Å². The van der Waals surface area contributed by atoms with Crippen molar-refractivity contribution >= 4 is 29.2 Å². The van der Waals surface area contributed by atoms with Crippen molar-refractivity contribution in [3.05, 3.63) is 108 Å². The Balaban J connectivity index is 1.65. The molecule has 4 rings (SSSR count). The smallest absolute Gasteiger partial charge is 0.332 e. The van der Waals surface area contributed by atoms with E-state index in [9.17, 15) is 13.6 Å². The van der Waals surface area contributed by atoms with Crippen LogP contribution in [0.1, 0.15) is 18.5 Å². The van der Waals surface area contributed by atoms with Crippen LogP contribution in [0.25, 0.3) is 0 Å². The molecule has 1 atom stereocenters. The second kappa shape index (κ2) is 9.86. The molecule has 0 aliphatic rings. The molecule has 0 fully saturated rings. The number of amides is 2. The first-order valence-corrected chi connectivity index (χ1v) is 10.3. The summed E-state index contributed by atoms with van der Waals surface area (Å²) in [7, 11) is 0. The molecule has 0 aliphatic heterocycles. The molecule has 6 nitrogen and oxygen atoms in total. The second-order valence-electron chi connectivity index (χ2n) is 7.27. The van der Waals surface area contributed by atoms with Gasteiger partial charge in [-0.25, -0.2) is 23.5 Å². The summed E-state index contributed by atoms with van der Waals surface area (Å²) in [6, 6.07) is 21.6. The van der Waals surface area contributed by atoms with Gasteiger partial charge in [0.15, 0.2) is 0 Å². The predicted molar refractivity (Wildman–Crippen MR) is 124 cm³/mol. The van der Waals surface area contributed by atoms with Crippen molar-refractivity contribution in [3.63, 3.8) is 0 Å². The van der Waals surface area contributed by atoms with E-state index >= 15 is 0 Å². The Morgan fingerprint density at radius 2 is 1.64 bits per heavy atom. The monoisotopic (exact) mass is 445 g/mol. The lowest BCUT2D eigenvalue weighted by molar-refractivity contribution is 0.259. The van der Waals surface area contributed by atoms with Crippen LogP contribution < -0.4 is 15.5 Å². The third-order valence-corrected chi connectivity index (χ3v) is 4.86. The summed E-state index contributed by atoms with van der Waals surface area (Å²) in [4.78, 5) is 23.1. The largest absolute Gasteiger partial charge is 0.348 e. The average molecular weight is 445 g/mol. The molecular formula is C25H21F2N5O. The number of aromatic nitrogens is 2. The molecule has 33 heavy (non-hydrogen) atoms.